The van der Waals surface area contributed by atoms with E-state index in [0.717, 1.165) is 23.2 Å². The fourth-order valence-corrected chi connectivity index (χ4v) is 3.43. The molecule has 0 aliphatic rings. The van der Waals surface area contributed by atoms with Crippen LogP contribution in [0.15, 0.2) is 47.9 Å². The van der Waals surface area contributed by atoms with Crippen molar-refractivity contribution in [1.82, 2.24) is 14.5 Å². The van der Waals surface area contributed by atoms with Gasteiger partial charge in [0.1, 0.15) is 0 Å². The van der Waals surface area contributed by atoms with Gasteiger partial charge in [-0.05, 0) is 36.2 Å². The van der Waals surface area contributed by atoms with Crippen LogP contribution in [-0.4, -0.2) is 14.5 Å². The van der Waals surface area contributed by atoms with E-state index in [1.54, 1.807) is 12.4 Å². The maximum atomic E-state index is 13.0. The van der Waals surface area contributed by atoms with Crippen molar-refractivity contribution in [2.75, 3.05) is 0 Å². The van der Waals surface area contributed by atoms with Crippen LogP contribution in [0.25, 0.3) is 11.0 Å². The first-order valence-electron chi connectivity index (χ1n) is 7.58. The molecule has 0 spiro atoms. The van der Waals surface area contributed by atoms with Crippen LogP contribution < -0.4 is 0 Å². The highest BCUT2D eigenvalue weighted by Gasteiger charge is 2.31. The summed E-state index contributed by atoms with van der Waals surface area (Å²) in [7, 11) is 0. The summed E-state index contributed by atoms with van der Waals surface area (Å²) in [5.74, 6) is 0.674. The number of rotatable bonds is 5. The number of nitrogens with zero attached hydrogens (tertiary/aromatic N) is 3. The molecule has 2 heterocycles. The number of hydrogen-bond acceptors (Lipinski definition) is 3. The summed E-state index contributed by atoms with van der Waals surface area (Å²) in [6.07, 6.45) is -0.0403. The van der Waals surface area contributed by atoms with Crippen molar-refractivity contribution in [2.24, 2.45) is 0 Å². The van der Waals surface area contributed by atoms with Gasteiger partial charge in [0.25, 0.3) is 0 Å². The lowest BCUT2D eigenvalue weighted by Gasteiger charge is -2.09. The van der Waals surface area contributed by atoms with Crippen molar-refractivity contribution < 1.29 is 13.2 Å². The molecule has 0 amide bonds. The number of benzene rings is 1. The monoisotopic (exact) mass is 351 g/mol. The Hall–Kier alpha value is -2.02. The highest BCUT2D eigenvalue weighted by Crippen LogP contribution is 2.33. The summed E-state index contributed by atoms with van der Waals surface area (Å²) >= 11 is 1.51. The third-order valence-corrected chi connectivity index (χ3v) is 4.63. The Morgan fingerprint density at radius 3 is 2.71 bits per heavy atom. The number of hydrogen-bond donors (Lipinski definition) is 0. The predicted octanol–water partition coefficient (Wildman–Crippen LogP) is 5.15. The average molecular weight is 351 g/mol. The topological polar surface area (TPSA) is 30.7 Å². The fraction of sp³-hybridized carbons (Fsp3) is 0.294. The Morgan fingerprint density at radius 2 is 2.04 bits per heavy atom. The molecule has 0 saturated carbocycles. The molecular weight excluding hydrogens is 335 g/mol. The molecule has 0 unspecified atom stereocenters. The lowest BCUT2D eigenvalue weighted by Crippen LogP contribution is -2.05. The number of imidazole rings is 1. The van der Waals surface area contributed by atoms with Crippen LogP contribution in [-0.2, 0) is 18.5 Å². The Labute approximate surface area is 141 Å². The van der Waals surface area contributed by atoms with E-state index in [4.69, 9.17) is 0 Å². The van der Waals surface area contributed by atoms with Gasteiger partial charge in [-0.3, -0.25) is 4.98 Å². The maximum absolute atomic E-state index is 13.0. The molecule has 3 nitrogen and oxygen atoms in total. The minimum Gasteiger partial charge on any atom is -0.319 e. The van der Waals surface area contributed by atoms with Crippen molar-refractivity contribution in [3.63, 3.8) is 0 Å². The Morgan fingerprint density at radius 1 is 1.21 bits per heavy atom. The van der Waals surface area contributed by atoms with E-state index >= 15 is 0 Å². The minimum absolute atomic E-state index is 0.528. The molecule has 126 valence electrons. The molecule has 0 aliphatic heterocycles. The third-order valence-electron chi connectivity index (χ3n) is 3.58. The first-order chi connectivity index (χ1) is 11.5. The number of aromatic nitrogens is 3. The maximum Gasteiger partial charge on any atom is 0.416 e. The van der Waals surface area contributed by atoms with E-state index in [0.29, 0.717) is 23.3 Å². The number of fused-ring (bicyclic) bond motifs is 1. The zero-order valence-electron chi connectivity index (χ0n) is 13.0. The second-order valence-corrected chi connectivity index (χ2v) is 6.34. The van der Waals surface area contributed by atoms with Gasteiger partial charge in [-0.15, -0.1) is 0 Å². The third kappa shape index (κ3) is 3.56. The molecule has 0 radical (unpaired) electrons. The summed E-state index contributed by atoms with van der Waals surface area (Å²) in [6.45, 7) is 2.63. The SMILES string of the molecule is CCCn1c(SCc2cccnc2)nc2ccc(C(F)(F)F)cc21. The van der Waals surface area contributed by atoms with Crippen LogP contribution in [0.1, 0.15) is 24.5 Å². The van der Waals surface area contributed by atoms with Gasteiger partial charge in [0, 0.05) is 24.7 Å². The second kappa shape index (κ2) is 6.84. The van der Waals surface area contributed by atoms with E-state index in [1.165, 1.54) is 23.9 Å². The average Bonchev–Trinajstić information content (AvgIpc) is 2.91. The molecule has 0 atom stereocenters. The van der Waals surface area contributed by atoms with E-state index in [9.17, 15) is 13.2 Å². The lowest BCUT2D eigenvalue weighted by molar-refractivity contribution is -0.137. The number of pyridine rings is 1. The van der Waals surface area contributed by atoms with Crippen molar-refractivity contribution in [1.29, 1.82) is 0 Å². The Balaban J connectivity index is 1.96. The largest absolute Gasteiger partial charge is 0.416 e. The lowest BCUT2D eigenvalue weighted by atomic mass is 10.2. The van der Waals surface area contributed by atoms with E-state index in [1.807, 2.05) is 23.6 Å². The van der Waals surface area contributed by atoms with Crippen molar-refractivity contribution in [2.45, 2.75) is 37.0 Å². The molecule has 0 fully saturated rings. The summed E-state index contributed by atoms with van der Waals surface area (Å²) in [6, 6.07) is 7.54. The van der Waals surface area contributed by atoms with Gasteiger partial charge >= 0.3 is 6.18 Å². The van der Waals surface area contributed by atoms with Crippen molar-refractivity contribution in [3.8, 4) is 0 Å². The Kier molecular flexibility index (Phi) is 4.80. The van der Waals surface area contributed by atoms with E-state index in [2.05, 4.69) is 9.97 Å². The molecule has 2 aromatic heterocycles. The molecule has 0 N–H and O–H groups in total. The molecule has 24 heavy (non-hydrogen) atoms. The predicted molar refractivity (Wildman–Crippen MR) is 88.8 cm³/mol. The summed E-state index contributed by atoms with van der Waals surface area (Å²) in [5, 5.41) is 0.732. The molecule has 0 saturated heterocycles. The number of thioether (sulfide) groups is 1. The van der Waals surface area contributed by atoms with E-state index < -0.39 is 11.7 Å². The normalized spacial score (nSPS) is 12.0. The van der Waals surface area contributed by atoms with Gasteiger partial charge in [-0.1, -0.05) is 24.8 Å². The first kappa shape index (κ1) is 16.8. The van der Waals surface area contributed by atoms with Gasteiger partial charge in [-0.2, -0.15) is 13.2 Å². The van der Waals surface area contributed by atoms with Crippen LogP contribution >= 0.6 is 11.8 Å². The number of aryl methyl sites for hydroxylation is 1. The molecule has 0 bridgehead atoms. The highest BCUT2D eigenvalue weighted by molar-refractivity contribution is 7.98. The summed E-state index contributed by atoms with van der Waals surface area (Å²) in [5.41, 5.74) is 1.52. The van der Waals surface area contributed by atoms with Crippen LogP contribution in [0.2, 0.25) is 0 Å². The zero-order valence-corrected chi connectivity index (χ0v) is 13.9. The number of halogens is 3. The van der Waals surface area contributed by atoms with Crippen molar-refractivity contribution >= 4 is 22.8 Å². The van der Waals surface area contributed by atoms with Gasteiger partial charge in [-0.25, -0.2) is 4.98 Å². The van der Waals surface area contributed by atoms with Gasteiger partial charge in [0.2, 0.25) is 0 Å². The van der Waals surface area contributed by atoms with Crippen LogP contribution in [0.3, 0.4) is 0 Å². The smallest absolute Gasteiger partial charge is 0.319 e. The van der Waals surface area contributed by atoms with Crippen LogP contribution in [0, 0.1) is 0 Å². The van der Waals surface area contributed by atoms with Gasteiger partial charge < -0.3 is 4.57 Å². The molecule has 3 aromatic rings. The fourth-order valence-electron chi connectivity index (χ4n) is 2.46. The van der Waals surface area contributed by atoms with E-state index in [-0.39, 0.29) is 0 Å². The quantitative estimate of drug-likeness (QED) is 0.596. The standard InChI is InChI=1S/C17H16F3N3S/c1-2-8-23-15-9-13(17(18,19)20)5-6-14(15)22-16(23)24-11-12-4-3-7-21-10-12/h3-7,9-10H,2,8,11H2,1H3. The molecule has 3 rings (SSSR count). The Bertz CT molecular complexity index is 828. The highest BCUT2D eigenvalue weighted by atomic mass is 32.2. The van der Waals surface area contributed by atoms with Gasteiger partial charge in [0.05, 0.1) is 16.6 Å². The molecule has 7 heteroatoms. The summed E-state index contributed by atoms with van der Waals surface area (Å²) < 4.78 is 40.8. The zero-order chi connectivity index (χ0) is 17.2. The first-order valence-corrected chi connectivity index (χ1v) is 8.57. The number of alkyl halides is 3. The van der Waals surface area contributed by atoms with Crippen LogP contribution in [0.5, 0.6) is 0 Å². The van der Waals surface area contributed by atoms with Gasteiger partial charge in [0.15, 0.2) is 5.16 Å². The molecule has 1 aromatic carbocycles. The summed E-state index contributed by atoms with van der Waals surface area (Å²) in [4.78, 5) is 8.58. The second-order valence-electron chi connectivity index (χ2n) is 5.40. The van der Waals surface area contributed by atoms with Crippen molar-refractivity contribution in [3.05, 3.63) is 53.9 Å². The molecule has 0 aliphatic carbocycles. The van der Waals surface area contributed by atoms with Crippen LogP contribution in [0.4, 0.5) is 13.2 Å². The molecular formula is C17H16F3N3S. The minimum atomic E-state index is -4.35.